The number of aliphatic hydroxyl groups is 2. The van der Waals surface area contributed by atoms with Gasteiger partial charge in [-0.1, -0.05) is 0 Å². The summed E-state index contributed by atoms with van der Waals surface area (Å²) in [5.41, 5.74) is 5.34. The Balaban J connectivity index is 2.59. The number of ether oxygens (including phenoxy) is 1. The average Bonchev–Trinajstić information content (AvgIpc) is 1.99. The Morgan fingerprint density at radius 2 is 2.08 bits per heavy atom. The molecule has 1 saturated heterocycles. The molecule has 0 bridgehead atoms. The van der Waals surface area contributed by atoms with Crippen molar-refractivity contribution < 1.29 is 24.9 Å². The molecule has 0 aliphatic carbocycles. The first-order valence-electron chi connectivity index (χ1n) is 3.52. The molecule has 6 heteroatoms. The van der Waals surface area contributed by atoms with Crippen molar-refractivity contribution >= 4 is 5.97 Å². The summed E-state index contributed by atoms with van der Waals surface area (Å²) in [6.45, 7) is 0. The molecule has 4 atom stereocenters. The lowest BCUT2D eigenvalue weighted by atomic mass is 10.0. The molecule has 4 unspecified atom stereocenters. The van der Waals surface area contributed by atoms with E-state index in [0.29, 0.717) is 0 Å². The highest BCUT2D eigenvalue weighted by Gasteiger charge is 2.37. The summed E-state index contributed by atoms with van der Waals surface area (Å²) in [6, 6.07) is -0.755. The first kappa shape index (κ1) is 9.40. The van der Waals surface area contributed by atoms with Gasteiger partial charge in [0.05, 0.1) is 0 Å². The summed E-state index contributed by atoms with van der Waals surface area (Å²) < 4.78 is 4.56. The molecule has 1 aliphatic rings. The quantitative estimate of drug-likeness (QED) is 0.364. The minimum absolute atomic E-state index is 0.00750. The fourth-order valence-corrected chi connectivity index (χ4v) is 1.06. The molecule has 0 radical (unpaired) electrons. The van der Waals surface area contributed by atoms with Crippen LogP contribution in [0.3, 0.4) is 0 Å². The number of carboxylic acid groups (broad SMARTS) is 1. The fraction of sp³-hybridized carbons (Fsp3) is 0.833. The Kier molecular flexibility index (Phi) is 2.63. The zero-order valence-corrected chi connectivity index (χ0v) is 6.25. The normalized spacial score (nSPS) is 42.6. The molecule has 0 saturated carbocycles. The second kappa shape index (κ2) is 3.36. The molecule has 0 aromatic carbocycles. The SMILES string of the molecule is NC1CC(C(=O)O)OC(O)C1O. The van der Waals surface area contributed by atoms with Gasteiger partial charge in [0.15, 0.2) is 12.4 Å². The van der Waals surface area contributed by atoms with E-state index in [4.69, 9.17) is 21.1 Å². The molecule has 0 amide bonds. The summed E-state index contributed by atoms with van der Waals surface area (Å²) in [5, 5.41) is 26.5. The predicted molar refractivity (Wildman–Crippen MR) is 37.1 cm³/mol. The van der Waals surface area contributed by atoms with Crippen LogP contribution in [0.2, 0.25) is 0 Å². The Hall–Kier alpha value is -0.690. The van der Waals surface area contributed by atoms with Crippen molar-refractivity contribution in [3.8, 4) is 0 Å². The number of rotatable bonds is 1. The minimum atomic E-state index is -1.50. The van der Waals surface area contributed by atoms with Gasteiger partial charge >= 0.3 is 5.97 Å². The molecule has 6 nitrogen and oxygen atoms in total. The predicted octanol–water partition coefficient (Wildman–Crippen LogP) is -2.13. The molecule has 70 valence electrons. The second-order valence-corrected chi connectivity index (χ2v) is 2.74. The number of hydrogen-bond acceptors (Lipinski definition) is 5. The van der Waals surface area contributed by atoms with Gasteiger partial charge in [-0.2, -0.15) is 0 Å². The summed E-state index contributed by atoms with van der Waals surface area (Å²) in [7, 11) is 0. The maximum absolute atomic E-state index is 10.4. The lowest BCUT2D eigenvalue weighted by Crippen LogP contribution is -2.54. The van der Waals surface area contributed by atoms with E-state index >= 15 is 0 Å². The molecule has 12 heavy (non-hydrogen) atoms. The number of hydrogen-bond donors (Lipinski definition) is 4. The van der Waals surface area contributed by atoms with Gasteiger partial charge in [-0.25, -0.2) is 4.79 Å². The van der Waals surface area contributed by atoms with E-state index in [0.717, 1.165) is 0 Å². The molecule has 0 aromatic rings. The van der Waals surface area contributed by atoms with Crippen LogP contribution in [0, 0.1) is 0 Å². The monoisotopic (exact) mass is 177 g/mol. The third kappa shape index (κ3) is 1.72. The van der Waals surface area contributed by atoms with Crippen LogP contribution in [0.1, 0.15) is 6.42 Å². The van der Waals surface area contributed by atoms with Gasteiger partial charge in [0, 0.05) is 12.5 Å². The van der Waals surface area contributed by atoms with Gasteiger partial charge in [0.25, 0.3) is 0 Å². The van der Waals surface area contributed by atoms with E-state index in [1.54, 1.807) is 0 Å². The first-order valence-corrected chi connectivity index (χ1v) is 3.52. The molecule has 1 heterocycles. The lowest BCUT2D eigenvalue weighted by Gasteiger charge is -2.32. The van der Waals surface area contributed by atoms with Crippen LogP contribution in [0.4, 0.5) is 0 Å². The van der Waals surface area contributed by atoms with Gasteiger partial charge < -0.3 is 25.8 Å². The number of aliphatic hydroxyl groups excluding tert-OH is 2. The maximum atomic E-state index is 10.4. The van der Waals surface area contributed by atoms with Crippen molar-refractivity contribution in [3.05, 3.63) is 0 Å². The average molecular weight is 177 g/mol. The maximum Gasteiger partial charge on any atom is 0.333 e. The lowest BCUT2D eigenvalue weighted by molar-refractivity contribution is -0.226. The van der Waals surface area contributed by atoms with Crippen molar-refractivity contribution in [2.45, 2.75) is 31.0 Å². The molecule has 1 fully saturated rings. The largest absolute Gasteiger partial charge is 0.479 e. The van der Waals surface area contributed by atoms with E-state index in [1.807, 2.05) is 0 Å². The molecule has 0 spiro atoms. The van der Waals surface area contributed by atoms with Gasteiger partial charge in [-0.05, 0) is 0 Å². The number of carboxylic acids is 1. The second-order valence-electron chi connectivity index (χ2n) is 2.74. The highest BCUT2D eigenvalue weighted by Crippen LogP contribution is 2.17. The molecular formula is C6H11NO5. The Morgan fingerprint density at radius 1 is 1.50 bits per heavy atom. The number of carbonyl (C=O) groups is 1. The highest BCUT2D eigenvalue weighted by molar-refractivity contribution is 5.72. The van der Waals surface area contributed by atoms with Crippen LogP contribution in [0.5, 0.6) is 0 Å². The van der Waals surface area contributed by atoms with E-state index in [2.05, 4.69) is 4.74 Å². The van der Waals surface area contributed by atoms with Crippen LogP contribution >= 0.6 is 0 Å². The molecule has 0 aromatic heterocycles. The van der Waals surface area contributed by atoms with Gasteiger partial charge in [-0.3, -0.25) is 0 Å². The summed E-state index contributed by atoms with van der Waals surface area (Å²) in [5.74, 6) is -1.18. The molecular weight excluding hydrogens is 166 g/mol. The van der Waals surface area contributed by atoms with Gasteiger partial charge in [-0.15, -0.1) is 0 Å². The summed E-state index contributed by atoms with van der Waals surface area (Å²) >= 11 is 0. The van der Waals surface area contributed by atoms with Crippen molar-refractivity contribution in [1.82, 2.24) is 0 Å². The molecule has 1 rings (SSSR count). The Morgan fingerprint density at radius 3 is 2.50 bits per heavy atom. The number of nitrogens with two attached hydrogens (primary N) is 1. The van der Waals surface area contributed by atoms with Gasteiger partial charge in [0.2, 0.25) is 0 Å². The van der Waals surface area contributed by atoms with Crippen molar-refractivity contribution in [2.75, 3.05) is 0 Å². The Bertz CT molecular complexity index is 173. The van der Waals surface area contributed by atoms with E-state index in [-0.39, 0.29) is 6.42 Å². The molecule has 5 N–H and O–H groups in total. The van der Waals surface area contributed by atoms with Gasteiger partial charge in [0.1, 0.15) is 6.10 Å². The zero-order valence-electron chi connectivity index (χ0n) is 6.25. The zero-order chi connectivity index (χ0) is 9.30. The van der Waals surface area contributed by atoms with Crippen LogP contribution in [-0.2, 0) is 9.53 Å². The van der Waals surface area contributed by atoms with E-state index in [9.17, 15) is 4.79 Å². The molecule has 1 aliphatic heterocycles. The van der Waals surface area contributed by atoms with E-state index in [1.165, 1.54) is 0 Å². The fourth-order valence-electron chi connectivity index (χ4n) is 1.06. The first-order chi connectivity index (χ1) is 5.52. The Labute approximate surface area is 68.6 Å². The third-order valence-corrected chi connectivity index (χ3v) is 1.80. The van der Waals surface area contributed by atoms with Crippen LogP contribution in [-0.4, -0.2) is 45.8 Å². The van der Waals surface area contributed by atoms with Crippen molar-refractivity contribution in [1.29, 1.82) is 0 Å². The topological polar surface area (TPSA) is 113 Å². The van der Waals surface area contributed by atoms with Crippen LogP contribution in [0.15, 0.2) is 0 Å². The smallest absolute Gasteiger partial charge is 0.333 e. The van der Waals surface area contributed by atoms with Crippen molar-refractivity contribution in [3.63, 3.8) is 0 Å². The standard InChI is InChI=1S/C6H11NO5/c7-2-1-3(5(9)10)12-6(11)4(2)8/h2-4,6,8,11H,1,7H2,(H,9,10). The highest BCUT2D eigenvalue weighted by atomic mass is 16.6. The van der Waals surface area contributed by atoms with Crippen molar-refractivity contribution in [2.24, 2.45) is 5.73 Å². The van der Waals surface area contributed by atoms with E-state index < -0.39 is 30.5 Å². The van der Waals surface area contributed by atoms with Crippen LogP contribution in [0.25, 0.3) is 0 Å². The summed E-state index contributed by atoms with van der Waals surface area (Å²) in [4.78, 5) is 10.4. The summed E-state index contributed by atoms with van der Waals surface area (Å²) in [6.07, 6.45) is -3.83. The third-order valence-electron chi connectivity index (χ3n) is 1.80. The number of aliphatic carboxylic acids is 1. The van der Waals surface area contributed by atoms with Crippen LogP contribution < -0.4 is 5.73 Å². The minimum Gasteiger partial charge on any atom is -0.479 e.